The van der Waals surface area contributed by atoms with E-state index in [9.17, 15) is 9.18 Å². The molecule has 1 atom stereocenters. The van der Waals surface area contributed by atoms with Crippen molar-refractivity contribution in [2.24, 2.45) is 0 Å². The first-order valence-corrected chi connectivity index (χ1v) is 9.31. The third-order valence-corrected chi connectivity index (χ3v) is 5.09. The SMILES string of the molecule is CCc1ccc(C2COCCN2C(=O)c2cc3c(F)cc(Br)cc3[nH]2)o1. The number of carbonyl (C=O) groups excluding carboxylic acids is 1. The maximum atomic E-state index is 14.1. The third-order valence-electron chi connectivity index (χ3n) is 4.63. The van der Waals surface area contributed by atoms with Crippen molar-refractivity contribution in [3.8, 4) is 0 Å². The standard InChI is InChI=1S/C19H18BrFN2O3/c1-2-12-3-4-18(26-12)17-10-25-6-5-23(17)19(24)16-9-13-14(21)7-11(20)8-15(13)22-16/h3-4,7-9,17,22H,2,5-6,10H2,1H3. The Balaban J connectivity index is 1.68. The van der Waals surface area contributed by atoms with Gasteiger partial charge in [-0.15, -0.1) is 0 Å². The molecule has 0 bridgehead atoms. The average molecular weight is 421 g/mol. The Morgan fingerprint density at radius 1 is 1.38 bits per heavy atom. The molecule has 1 aliphatic heterocycles. The van der Waals surface area contributed by atoms with Gasteiger partial charge in [-0.1, -0.05) is 22.9 Å². The largest absolute Gasteiger partial charge is 0.464 e. The molecule has 2 aromatic heterocycles. The zero-order chi connectivity index (χ0) is 18.3. The Morgan fingerprint density at radius 3 is 3.00 bits per heavy atom. The number of nitrogens with one attached hydrogen (secondary N) is 1. The van der Waals surface area contributed by atoms with E-state index in [1.807, 2.05) is 19.1 Å². The maximum absolute atomic E-state index is 14.1. The predicted molar refractivity (Wildman–Crippen MR) is 98.6 cm³/mol. The van der Waals surface area contributed by atoms with Gasteiger partial charge < -0.3 is 19.0 Å². The lowest BCUT2D eigenvalue weighted by Gasteiger charge is -2.34. The van der Waals surface area contributed by atoms with Crippen LogP contribution in [0.2, 0.25) is 0 Å². The van der Waals surface area contributed by atoms with E-state index in [-0.39, 0.29) is 17.8 Å². The van der Waals surface area contributed by atoms with E-state index < -0.39 is 0 Å². The Morgan fingerprint density at radius 2 is 2.23 bits per heavy atom. The number of morpholine rings is 1. The van der Waals surface area contributed by atoms with Crippen LogP contribution in [0, 0.1) is 5.82 Å². The summed E-state index contributed by atoms with van der Waals surface area (Å²) in [6.07, 6.45) is 0.789. The molecule has 4 rings (SSSR count). The number of aryl methyl sites for hydroxylation is 1. The van der Waals surface area contributed by atoms with Crippen LogP contribution in [-0.2, 0) is 11.2 Å². The summed E-state index contributed by atoms with van der Waals surface area (Å²) in [4.78, 5) is 17.8. The first kappa shape index (κ1) is 17.3. The molecule has 1 fully saturated rings. The number of nitrogens with zero attached hydrogens (tertiary/aromatic N) is 1. The molecule has 1 aromatic carbocycles. The van der Waals surface area contributed by atoms with Gasteiger partial charge in [0.1, 0.15) is 29.1 Å². The number of hydrogen-bond donors (Lipinski definition) is 1. The van der Waals surface area contributed by atoms with E-state index in [2.05, 4.69) is 20.9 Å². The third kappa shape index (κ3) is 3.05. The smallest absolute Gasteiger partial charge is 0.271 e. The summed E-state index contributed by atoms with van der Waals surface area (Å²) in [6, 6.07) is 8.22. The molecule has 7 heteroatoms. The quantitative estimate of drug-likeness (QED) is 0.681. The Kier molecular flexibility index (Phi) is 4.58. The predicted octanol–water partition coefficient (Wildman–Crippen LogP) is 4.44. The van der Waals surface area contributed by atoms with E-state index in [0.717, 1.165) is 12.2 Å². The molecular weight excluding hydrogens is 403 g/mol. The summed E-state index contributed by atoms with van der Waals surface area (Å²) in [5, 5.41) is 0.396. The fourth-order valence-corrected chi connectivity index (χ4v) is 3.71. The normalized spacial score (nSPS) is 17.8. The van der Waals surface area contributed by atoms with E-state index in [1.165, 1.54) is 6.07 Å². The van der Waals surface area contributed by atoms with Crippen LogP contribution in [0.25, 0.3) is 10.9 Å². The molecule has 0 aliphatic carbocycles. The zero-order valence-corrected chi connectivity index (χ0v) is 15.8. The molecule has 1 saturated heterocycles. The molecule has 0 radical (unpaired) electrons. The number of fused-ring (bicyclic) bond motifs is 1. The van der Waals surface area contributed by atoms with Crippen LogP contribution in [0.4, 0.5) is 4.39 Å². The van der Waals surface area contributed by atoms with E-state index in [4.69, 9.17) is 9.15 Å². The van der Waals surface area contributed by atoms with Crippen molar-refractivity contribution in [3.05, 3.63) is 57.8 Å². The molecular formula is C19H18BrFN2O3. The van der Waals surface area contributed by atoms with Crippen LogP contribution >= 0.6 is 15.9 Å². The number of H-pyrrole nitrogens is 1. The molecule has 0 saturated carbocycles. The number of aromatic nitrogens is 1. The second kappa shape index (κ2) is 6.89. The topological polar surface area (TPSA) is 58.5 Å². The number of aromatic amines is 1. The zero-order valence-electron chi connectivity index (χ0n) is 14.2. The highest BCUT2D eigenvalue weighted by atomic mass is 79.9. The molecule has 5 nitrogen and oxygen atoms in total. The number of carbonyl (C=O) groups is 1. The van der Waals surface area contributed by atoms with Crippen LogP contribution < -0.4 is 0 Å². The van der Waals surface area contributed by atoms with Crippen molar-refractivity contribution in [1.29, 1.82) is 0 Å². The van der Waals surface area contributed by atoms with Crippen molar-refractivity contribution in [2.75, 3.05) is 19.8 Å². The highest BCUT2D eigenvalue weighted by molar-refractivity contribution is 9.10. The van der Waals surface area contributed by atoms with Gasteiger partial charge in [0.05, 0.1) is 18.7 Å². The molecule has 0 spiro atoms. The number of rotatable bonds is 3. The highest BCUT2D eigenvalue weighted by Crippen LogP contribution is 2.29. The Bertz CT molecular complexity index is 965. The lowest BCUT2D eigenvalue weighted by Crippen LogP contribution is -2.43. The van der Waals surface area contributed by atoms with Crippen LogP contribution in [0.1, 0.15) is 35.0 Å². The molecule has 26 heavy (non-hydrogen) atoms. The monoisotopic (exact) mass is 420 g/mol. The Labute approximate surface area is 158 Å². The van der Waals surface area contributed by atoms with Crippen molar-refractivity contribution in [2.45, 2.75) is 19.4 Å². The summed E-state index contributed by atoms with van der Waals surface area (Å²) in [7, 11) is 0. The van der Waals surface area contributed by atoms with Gasteiger partial charge >= 0.3 is 0 Å². The molecule has 1 aliphatic rings. The molecule has 1 N–H and O–H groups in total. The maximum Gasteiger partial charge on any atom is 0.271 e. The summed E-state index contributed by atoms with van der Waals surface area (Å²) in [5.41, 5.74) is 0.933. The van der Waals surface area contributed by atoms with Crippen molar-refractivity contribution < 1.29 is 18.3 Å². The van der Waals surface area contributed by atoms with Gasteiger partial charge in [0.15, 0.2) is 0 Å². The van der Waals surface area contributed by atoms with Gasteiger partial charge in [-0.3, -0.25) is 4.79 Å². The van der Waals surface area contributed by atoms with Crippen LogP contribution in [0.5, 0.6) is 0 Å². The van der Waals surface area contributed by atoms with E-state index in [0.29, 0.717) is 46.6 Å². The lowest BCUT2D eigenvalue weighted by atomic mass is 10.1. The van der Waals surface area contributed by atoms with Gasteiger partial charge in [-0.25, -0.2) is 4.39 Å². The number of furan rings is 1. The number of hydrogen-bond acceptors (Lipinski definition) is 3. The summed E-state index contributed by atoms with van der Waals surface area (Å²) < 4.78 is 26.2. The van der Waals surface area contributed by atoms with E-state index in [1.54, 1.807) is 17.0 Å². The van der Waals surface area contributed by atoms with Crippen molar-refractivity contribution in [1.82, 2.24) is 9.88 Å². The average Bonchev–Trinajstić information content (AvgIpc) is 3.28. The second-order valence-electron chi connectivity index (χ2n) is 6.28. The van der Waals surface area contributed by atoms with Gasteiger partial charge in [-0.05, 0) is 30.3 Å². The van der Waals surface area contributed by atoms with Crippen LogP contribution in [-0.4, -0.2) is 35.5 Å². The van der Waals surface area contributed by atoms with Crippen molar-refractivity contribution in [3.63, 3.8) is 0 Å². The Hall–Kier alpha value is -2.12. The minimum atomic E-state index is -0.373. The van der Waals surface area contributed by atoms with Crippen LogP contribution in [0.3, 0.4) is 0 Å². The fourth-order valence-electron chi connectivity index (χ4n) is 3.28. The van der Waals surface area contributed by atoms with Gasteiger partial charge in [0, 0.05) is 22.8 Å². The first-order chi connectivity index (χ1) is 12.6. The van der Waals surface area contributed by atoms with Gasteiger partial charge in [-0.2, -0.15) is 0 Å². The van der Waals surface area contributed by atoms with E-state index >= 15 is 0 Å². The minimum Gasteiger partial charge on any atom is -0.464 e. The molecule has 3 aromatic rings. The summed E-state index contributed by atoms with van der Waals surface area (Å²) >= 11 is 3.27. The molecule has 3 heterocycles. The highest BCUT2D eigenvalue weighted by Gasteiger charge is 2.32. The molecule has 1 unspecified atom stereocenters. The first-order valence-electron chi connectivity index (χ1n) is 8.52. The van der Waals surface area contributed by atoms with Gasteiger partial charge in [0.25, 0.3) is 5.91 Å². The summed E-state index contributed by atoms with van der Waals surface area (Å²) in [6.45, 7) is 3.31. The lowest BCUT2D eigenvalue weighted by molar-refractivity contribution is -0.00925. The number of ether oxygens (including phenoxy) is 1. The number of halogens is 2. The number of amides is 1. The number of benzene rings is 1. The van der Waals surface area contributed by atoms with Crippen molar-refractivity contribution >= 4 is 32.7 Å². The summed E-state index contributed by atoms with van der Waals surface area (Å²) in [5.74, 6) is 1.01. The fraction of sp³-hybridized carbons (Fsp3) is 0.316. The molecule has 136 valence electrons. The minimum absolute atomic E-state index is 0.195. The van der Waals surface area contributed by atoms with Gasteiger partial charge in [0.2, 0.25) is 0 Å². The van der Waals surface area contributed by atoms with Crippen LogP contribution in [0.15, 0.2) is 39.2 Å². The molecule has 1 amide bonds. The second-order valence-corrected chi connectivity index (χ2v) is 7.19.